The number of nitrogens with two attached hydrogens (primary N) is 1. The van der Waals surface area contributed by atoms with E-state index in [2.05, 4.69) is 10.0 Å². The van der Waals surface area contributed by atoms with Crippen LogP contribution in [-0.4, -0.2) is 22.7 Å². The number of halogens is 1. The molecule has 0 heterocycles. The van der Waals surface area contributed by atoms with Crippen molar-refractivity contribution in [3.63, 3.8) is 0 Å². The Morgan fingerprint density at radius 1 is 1.04 bits per heavy atom. The number of hydrogen-bond donors (Lipinski definition) is 3. The smallest absolute Gasteiger partial charge is 0.261 e. The Labute approximate surface area is 144 Å². The molecule has 0 unspecified atom stereocenters. The third-order valence-electron chi connectivity index (χ3n) is 2.97. The highest BCUT2D eigenvalue weighted by Crippen LogP contribution is 2.23. The molecule has 134 valence electrons. The third kappa shape index (κ3) is 4.75. The predicted octanol–water partition coefficient (Wildman–Crippen LogP) is 1.23. The number of amides is 1. The lowest BCUT2D eigenvalue weighted by atomic mass is 10.2. The first-order chi connectivity index (χ1) is 11.5. The first-order valence-corrected chi connectivity index (χ1v) is 9.75. The average molecular weight is 387 g/mol. The quantitative estimate of drug-likeness (QED) is 0.709. The summed E-state index contributed by atoms with van der Waals surface area (Å²) in [5, 5.41) is 7.20. The molecule has 0 aromatic heterocycles. The van der Waals surface area contributed by atoms with Gasteiger partial charge in [0.15, 0.2) is 0 Å². The molecule has 0 aliphatic heterocycles. The molecular weight excluding hydrogens is 373 g/mol. The monoisotopic (exact) mass is 387 g/mol. The van der Waals surface area contributed by atoms with Crippen molar-refractivity contribution >= 4 is 37.3 Å². The molecule has 0 aliphatic carbocycles. The van der Waals surface area contributed by atoms with Crippen LogP contribution in [0.5, 0.6) is 0 Å². The molecule has 0 aliphatic rings. The number of carbonyl (C=O) groups excluding carboxylic acids is 1. The van der Waals surface area contributed by atoms with E-state index in [0.29, 0.717) is 0 Å². The maximum atomic E-state index is 13.6. The minimum absolute atomic E-state index is 0.0221. The highest BCUT2D eigenvalue weighted by atomic mass is 32.2. The lowest BCUT2D eigenvalue weighted by Crippen LogP contribution is -2.16. The van der Waals surface area contributed by atoms with E-state index in [1.165, 1.54) is 19.1 Å². The van der Waals surface area contributed by atoms with Gasteiger partial charge >= 0.3 is 0 Å². The van der Waals surface area contributed by atoms with E-state index in [1.54, 1.807) is 0 Å². The van der Waals surface area contributed by atoms with Crippen molar-refractivity contribution in [1.29, 1.82) is 0 Å². The van der Waals surface area contributed by atoms with Gasteiger partial charge in [-0.3, -0.25) is 9.52 Å². The van der Waals surface area contributed by atoms with Crippen LogP contribution in [0.25, 0.3) is 0 Å². The van der Waals surface area contributed by atoms with Crippen LogP contribution in [-0.2, 0) is 24.8 Å². The Morgan fingerprint density at radius 3 is 2.28 bits per heavy atom. The highest BCUT2D eigenvalue weighted by molar-refractivity contribution is 7.93. The molecule has 0 bridgehead atoms. The maximum absolute atomic E-state index is 13.6. The molecule has 1 amide bonds. The molecule has 25 heavy (non-hydrogen) atoms. The van der Waals surface area contributed by atoms with E-state index < -0.39 is 31.8 Å². The van der Waals surface area contributed by atoms with Gasteiger partial charge in [-0.05, 0) is 36.4 Å². The zero-order valence-electron chi connectivity index (χ0n) is 12.9. The van der Waals surface area contributed by atoms with Gasteiger partial charge in [0.05, 0.1) is 21.2 Å². The highest BCUT2D eigenvalue weighted by Gasteiger charge is 2.18. The Kier molecular flexibility index (Phi) is 5.11. The van der Waals surface area contributed by atoms with Crippen molar-refractivity contribution in [2.45, 2.75) is 16.7 Å². The number of hydrogen-bond acceptors (Lipinski definition) is 5. The lowest BCUT2D eigenvalue weighted by Gasteiger charge is -2.11. The molecule has 11 heteroatoms. The SMILES string of the molecule is CC(=O)Nc1cc(NS(=O)(=O)c2cccc(S(N)(=O)=O)c2)ccc1F. The summed E-state index contributed by atoms with van der Waals surface area (Å²) >= 11 is 0. The number of anilines is 2. The van der Waals surface area contributed by atoms with Crippen LogP contribution >= 0.6 is 0 Å². The van der Waals surface area contributed by atoms with E-state index in [9.17, 15) is 26.0 Å². The molecular formula is C14H14FN3O5S2. The second-order valence-corrected chi connectivity index (χ2v) is 8.25. The summed E-state index contributed by atoms with van der Waals surface area (Å²) in [5.74, 6) is -1.27. The number of carbonyl (C=O) groups is 1. The summed E-state index contributed by atoms with van der Waals surface area (Å²) in [6.45, 7) is 1.18. The van der Waals surface area contributed by atoms with Crippen LogP contribution in [0.4, 0.5) is 15.8 Å². The van der Waals surface area contributed by atoms with Crippen LogP contribution in [0.2, 0.25) is 0 Å². The zero-order chi connectivity index (χ0) is 18.8. The summed E-state index contributed by atoms with van der Waals surface area (Å²) < 4.78 is 63.2. The van der Waals surface area contributed by atoms with E-state index >= 15 is 0 Å². The van der Waals surface area contributed by atoms with E-state index in [0.717, 1.165) is 30.3 Å². The van der Waals surface area contributed by atoms with Crippen molar-refractivity contribution < 1.29 is 26.0 Å². The molecule has 0 atom stereocenters. The fourth-order valence-electron chi connectivity index (χ4n) is 1.91. The van der Waals surface area contributed by atoms with E-state index in [-0.39, 0.29) is 21.2 Å². The molecule has 2 rings (SSSR count). The molecule has 0 saturated heterocycles. The lowest BCUT2D eigenvalue weighted by molar-refractivity contribution is -0.114. The van der Waals surface area contributed by atoms with Gasteiger partial charge in [-0.1, -0.05) is 6.07 Å². The number of rotatable bonds is 5. The van der Waals surface area contributed by atoms with Crippen LogP contribution in [0.15, 0.2) is 52.3 Å². The molecule has 0 radical (unpaired) electrons. The summed E-state index contributed by atoms with van der Waals surface area (Å²) in [5.41, 5.74) is -0.225. The minimum atomic E-state index is -4.16. The Morgan fingerprint density at radius 2 is 1.68 bits per heavy atom. The van der Waals surface area contributed by atoms with Crippen LogP contribution in [0.1, 0.15) is 6.92 Å². The minimum Gasteiger partial charge on any atom is -0.324 e. The van der Waals surface area contributed by atoms with Crippen molar-refractivity contribution in [2.75, 3.05) is 10.0 Å². The second kappa shape index (κ2) is 6.78. The zero-order valence-corrected chi connectivity index (χ0v) is 14.5. The second-order valence-electron chi connectivity index (χ2n) is 5.00. The van der Waals surface area contributed by atoms with Gasteiger partial charge in [0, 0.05) is 6.92 Å². The predicted molar refractivity (Wildman–Crippen MR) is 89.3 cm³/mol. The standard InChI is InChI=1S/C14H14FN3O5S2/c1-9(19)17-14-7-10(5-6-13(14)15)18-25(22,23)12-4-2-3-11(8-12)24(16,20)21/h2-8,18H,1H3,(H,17,19)(H2,16,20,21). The molecule has 4 N–H and O–H groups in total. The first-order valence-electron chi connectivity index (χ1n) is 6.72. The largest absolute Gasteiger partial charge is 0.324 e. The van der Waals surface area contributed by atoms with Gasteiger partial charge in [0.1, 0.15) is 5.82 Å². The van der Waals surface area contributed by atoms with Gasteiger partial charge in [0.25, 0.3) is 10.0 Å². The van der Waals surface area contributed by atoms with Gasteiger partial charge < -0.3 is 5.32 Å². The van der Waals surface area contributed by atoms with Crippen LogP contribution in [0.3, 0.4) is 0 Å². The van der Waals surface area contributed by atoms with Gasteiger partial charge in [-0.2, -0.15) is 0 Å². The Hall–Kier alpha value is -2.50. The van der Waals surface area contributed by atoms with Crippen LogP contribution in [0, 0.1) is 5.82 Å². The number of nitrogens with one attached hydrogen (secondary N) is 2. The number of sulfonamides is 2. The fraction of sp³-hybridized carbons (Fsp3) is 0.0714. The van der Waals surface area contributed by atoms with Gasteiger partial charge in [0.2, 0.25) is 15.9 Å². The van der Waals surface area contributed by atoms with Gasteiger partial charge in [-0.25, -0.2) is 26.4 Å². The molecule has 0 fully saturated rings. The van der Waals surface area contributed by atoms with Crippen molar-refractivity contribution in [1.82, 2.24) is 0 Å². The fourth-order valence-corrected chi connectivity index (χ4v) is 3.64. The Bertz CT molecular complexity index is 1040. The summed E-state index contributed by atoms with van der Waals surface area (Å²) in [7, 11) is -8.23. The van der Waals surface area contributed by atoms with E-state index in [1.807, 2.05) is 0 Å². The first kappa shape index (κ1) is 18.8. The molecule has 0 spiro atoms. The van der Waals surface area contributed by atoms with E-state index in [4.69, 9.17) is 5.14 Å². The average Bonchev–Trinajstić information content (AvgIpc) is 2.49. The maximum Gasteiger partial charge on any atom is 0.261 e. The molecule has 2 aromatic rings. The van der Waals surface area contributed by atoms with Crippen molar-refractivity contribution in [2.24, 2.45) is 5.14 Å². The number of primary sulfonamides is 1. The summed E-state index contributed by atoms with van der Waals surface area (Å²) in [4.78, 5) is 10.3. The Balaban J connectivity index is 2.38. The molecule has 0 saturated carbocycles. The molecule has 2 aromatic carbocycles. The summed E-state index contributed by atoms with van der Waals surface area (Å²) in [6, 6.07) is 7.68. The van der Waals surface area contributed by atoms with Crippen molar-refractivity contribution in [3.8, 4) is 0 Å². The number of benzene rings is 2. The molecule has 8 nitrogen and oxygen atoms in total. The third-order valence-corrected chi connectivity index (χ3v) is 5.26. The normalized spacial score (nSPS) is 11.8. The van der Waals surface area contributed by atoms with Crippen LogP contribution < -0.4 is 15.2 Å². The summed E-state index contributed by atoms with van der Waals surface area (Å²) in [6.07, 6.45) is 0. The van der Waals surface area contributed by atoms with Gasteiger partial charge in [-0.15, -0.1) is 0 Å². The van der Waals surface area contributed by atoms with Crippen molar-refractivity contribution in [3.05, 3.63) is 48.3 Å². The topological polar surface area (TPSA) is 135 Å².